The minimum atomic E-state index is -0.978. The third kappa shape index (κ3) is 3.37. The molecule has 0 aliphatic heterocycles. The number of H-pyrrole nitrogens is 1. The summed E-state index contributed by atoms with van der Waals surface area (Å²) in [5, 5.41) is 5.74. The first-order valence-electron chi connectivity index (χ1n) is 5.73. The first-order chi connectivity index (χ1) is 9.58. The molecule has 1 aromatic carbocycles. The van der Waals surface area contributed by atoms with Crippen LogP contribution >= 0.6 is 0 Å². The molecule has 0 spiro atoms. The summed E-state index contributed by atoms with van der Waals surface area (Å²) < 4.78 is 14.7. The second-order valence-electron chi connectivity index (χ2n) is 3.93. The van der Waals surface area contributed by atoms with E-state index in [9.17, 15) is 9.59 Å². The number of aromatic amines is 1. The van der Waals surface area contributed by atoms with Gasteiger partial charge in [-0.1, -0.05) is 12.1 Å². The molecule has 0 fully saturated rings. The molecule has 0 bridgehead atoms. The fourth-order valence-electron chi connectivity index (χ4n) is 1.67. The minimum absolute atomic E-state index is 0.0374. The average molecular weight is 279 g/mol. The van der Waals surface area contributed by atoms with E-state index in [2.05, 4.69) is 10.2 Å². The van der Waals surface area contributed by atoms with E-state index in [1.807, 2.05) is 0 Å². The van der Waals surface area contributed by atoms with Gasteiger partial charge in [-0.25, -0.2) is 14.7 Å². The lowest BCUT2D eigenvalue weighted by Crippen LogP contribution is -2.19. The first-order valence-corrected chi connectivity index (χ1v) is 5.73. The number of aromatic nitrogens is 2. The second kappa shape index (κ2) is 5.91. The summed E-state index contributed by atoms with van der Waals surface area (Å²) in [6, 6.07) is 7.11. The average Bonchev–Trinajstić information content (AvgIpc) is 2.85. The molecule has 8 heteroatoms. The van der Waals surface area contributed by atoms with Gasteiger partial charge in [0.25, 0.3) is 5.89 Å². The van der Waals surface area contributed by atoms with Gasteiger partial charge in [0.05, 0.1) is 7.11 Å². The van der Waals surface area contributed by atoms with Crippen molar-refractivity contribution < 1.29 is 18.7 Å². The molecular formula is C12H13N3O5. The zero-order valence-corrected chi connectivity index (χ0v) is 10.7. The number of nitrogens with two attached hydrogens (primary N) is 1. The Morgan fingerprint density at radius 2 is 2.15 bits per heavy atom. The number of hydrogen-bond acceptors (Lipinski definition) is 6. The van der Waals surface area contributed by atoms with Gasteiger partial charge in [-0.3, -0.25) is 0 Å². The van der Waals surface area contributed by atoms with Crippen LogP contribution in [-0.2, 0) is 11.2 Å². The zero-order valence-electron chi connectivity index (χ0n) is 10.7. The predicted molar refractivity (Wildman–Crippen MR) is 67.2 cm³/mol. The van der Waals surface area contributed by atoms with Crippen LogP contribution in [0.4, 0.5) is 4.79 Å². The third-order valence-corrected chi connectivity index (χ3v) is 2.57. The number of amides is 1. The number of hydrogen-bond donors (Lipinski definition) is 2. The van der Waals surface area contributed by atoms with Gasteiger partial charge < -0.3 is 19.6 Å². The lowest BCUT2D eigenvalue weighted by molar-refractivity contribution is 0.0886. The number of carbonyl (C=O) groups excluding carboxylic acids is 1. The van der Waals surface area contributed by atoms with Gasteiger partial charge in [-0.05, 0) is 17.7 Å². The molecule has 1 unspecified atom stereocenters. The van der Waals surface area contributed by atoms with E-state index in [-0.39, 0.29) is 12.3 Å². The van der Waals surface area contributed by atoms with E-state index in [0.717, 1.165) is 5.56 Å². The topological polar surface area (TPSA) is 120 Å². The van der Waals surface area contributed by atoms with Crippen LogP contribution in [0.25, 0.3) is 0 Å². The quantitative estimate of drug-likeness (QED) is 0.833. The van der Waals surface area contributed by atoms with Crippen molar-refractivity contribution in [1.29, 1.82) is 0 Å². The molecule has 0 saturated heterocycles. The van der Waals surface area contributed by atoms with E-state index in [0.29, 0.717) is 5.75 Å². The summed E-state index contributed by atoms with van der Waals surface area (Å²) in [6.07, 6.45) is -1.59. The van der Waals surface area contributed by atoms with Crippen molar-refractivity contribution in [3.8, 4) is 5.75 Å². The first kappa shape index (κ1) is 13.7. The summed E-state index contributed by atoms with van der Waals surface area (Å²) in [6.45, 7) is 0. The van der Waals surface area contributed by atoms with E-state index >= 15 is 0 Å². The van der Waals surface area contributed by atoms with Gasteiger partial charge in [0.15, 0.2) is 6.10 Å². The molecule has 0 saturated carbocycles. The van der Waals surface area contributed by atoms with Gasteiger partial charge in [-0.15, -0.1) is 5.10 Å². The number of nitrogens with zero attached hydrogens (tertiary/aromatic N) is 1. The summed E-state index contributed by atoms with van der Waals surface area (Å²) in [7, 11) is 1.56. The molecule has 20 heavy (non-hydrogen) atoms. The fraction of sp³-hybridized carbons (Fsp3) is 0.250. The molecule has 1 aromatic heterocycles. The van der Waals surface area contributed by atoms with Crippen LogP contribution in [0, 0.1) is 0 Å². The van der Waals surface area contributed by atoms with Gasteiger partial charge in [0.2, 0.25) is 0 Å². The van der Waals surface area contributed by atoms with Gasteiger partial charge in [0, 0.05) is 6.42 Å². The minimum Gasteiger partial charge on any atom is -0.497 e. The van der Waals surface area contributed by atoms with Crippen molar-refractivity contribution >= 4 is 6.09 Å². The van der Waals surface area contributed by atoms with Crippen molar-refractivity contribution in [2.24, 2.45) is 5.73 Å². The highest BCUT2D eigenvalue weighted by molar-refractivity contribution is 5.64. The third-order valence-electron chi connectivity index (χ3n) is 2.57. The van der Waals surface area contributed by atoms with Crippen LogP contribution in [0.3, 0.4) is 0 Å². The molecule has 106 valence electrons. The van der Waals surface area contributed by atoms with Crippen molar-refractivity contribution in [1.82, 2.24) is 10.2 Å². The lowest BCUT2D eigenvalue weighted by Gasteiger charge is -2.12. The van der Waals surface area contributed by atoms with Gasteiger partial charge in [0.1, 0.15) is 5.75 Å². The zero-order chi connectivity index (χ0) is 14.5. The predicted octanol–water partition coefficient (Wildman–Crippen LogP) is 0.751. The number of methoxy groups -OCH3 is 1. The molecule has 8 nitrogen and oxygen atoms in total. The largest absolute Gasteiger partial charge is 0.497 e. The molecule has 0 aliphatic rings. The Morgan fingerprint density at radius 1 is 1.45 bits per heavy atom. The second-order valence-corrected chi connectivity index (χ2v) is 3.93. The molecule has 1 atom stereocenters. The molecule has 1 amide bonds. The van der Waals surface area contributed by atoms with Crippen molar-refractivity contribution in [3.63, 3.8) is 0 Å². The Bertz CT molecular complexity index is 631. The Kier molecular flexibility index (Phi) is 4.04. The Hall–Kier alpha value is -2.77. The highest BCUT2D eigenvalue weighted by Crippen LogP contribution is 2.21. The van der Waals surface area contributed by atoms with E-state index < -0.39 is 18.0 Å². The number of primary amides is 1. The van der Waals surface area contributed by atoms with Crippen molar-refractivity contribution in [3.05, 3.63) is 46.3 Å². The normalized spacial score (nSPS) is 11.8. The maximum absolute atomic E-state index is 10.9. The van der Waals surface area contributed by atoms with Crippen LogP contribution in [0.5, 0.6) is 5.75 Å². The Balaban J connectivity index is 2.18. The summed E-state index contributed by atoms with van der Waals surface area (Å²) in [4.78, 5) is 21.8. The Morgan fingerprint density at radius 3 is 2.65 bits per heavy atom. The summed E-state index contributed by atoms with van der Waals surface area (Å²) in [5.41, 5.74) is 5.83. The maximum atomic E-state index is 10.9. The highest BCUT2D eigenvalue weighted by Gasteiger charge is 2.21. The van der Waals surface area contributed by atoms with Crippen molar-refractivity contribution in [2.45, 2.75) is 12.5 Å². The molecule has 2 rings (SSSR count). The number of carbonyl (C=O) groups is 1. The van der Waals surface area contributed by atoms with Crippen LogP contribution in [0.2, 0.25) is 0 Å². The fourth-order valence-corrected chi connectivity index (χ4v) is 1.67. The molecular weight excluding hydrogens is 266 g/mol. The van der Waals surface area contributed by atoms with Gasteiger partial charge in [-0.2, -0.15) is 0 Å². The number of ether oxygens (including phenoxy) is 2. The number of rotatable bonds is 5. The smallest absolute Gasteiger partial charge is 0.434 e. The summed E-state index contributed by atoms with van der Waals surface area (Å²) >= 11 is 0. The van der Waals surface area contributed by atoms with E-state index in [1.165, 1.54) is 0 Å². The van der Waals surface area contributed by atoms with Crippen LogP contribution < -0.4 is 16.2 Å². The monoisotopic (exact) mass is 279 g/mol. The number of nitrogens with one attached hydrogen (secondary N) is 1. The molecule has 1 heterocycles. The summed E-state index contributed by atoms with van der Waals surface area (Å²) in [5.74, 6) is -0.0650. The highest BCUT2D eigenvalue weighted by atomic mass is 16.6. The Labute approximate surface area is 113 Å². The molecule has 2 aromatic rings. The van der Waals surface area contributed by atoms with Gasteiger partial charge >= 0.3 is 11.8 Å². The van der Waals surface area contributed by atoms with Crippen LogP contribution in [0.15, 0.2) is 33.5 Å². The lowest BCUT2D eigenvalue weighted by atomic mass is 10.1. The van der Waals surface area contributed by atoms with Crippen LogP contribution in [0.1, 0.15) is 17.6 Å². The molecule has 3 N–H and O–H groups in total. The maximum Gasteiger partial charge on any atom is 0.434 e. The SMILES string of the molecule is COc1ccc(CC(OC(N)=O)c2n[nH]c(=O)o2)cc1. The van der Waals surface area contributed by atoms with Crippen LogP contribution in [-0.4, -0.2) is 23.4 Å². The van der Waals surface area contributed by atoms with E-state index in [4.69, 9.17) is 19.6 Å². The number of benzene rings is 1. The van der Waals surface area contributed by atoms with Crippen molar-refractivity contribution in [2.75, 3.05) is 7.11 Å². The standard InChI is InChI=1S/C12H13N3O5/c1-18-8-4-2-7(3-5-8)6-9(19-11(13)16)10-14-15-12(17)20-10/h2-5,9H,6H2,1H3,(H2,13,16)(H,15,17). The molecule has 0 radical (unpaired) electrons. The van der Waals surface area contributed by atoms with E-state index in [1.54, 1.807) is 31.4 Å². The molecule has 0 aliphatic carbocycles.